The van der Waals surface area contributed by atoms with E-state index in [0.717, 1.165) is 12.1 Å². The van der Waals surface area contributed by atoms with Gasteiger partial charge in [0.1, 0.15) is 5.69 Å². The summed E-state index contributed by atoms with van der Waals surface area (Å²) in [4.78, 5) is 13.4. The highest BCUT2D eigenvalue weighted by Crippen LogP contribution is 2.26. The zero-order chi connectivity index (χ0) is 13.3. The first-order valence-electron chi connectivity index (χ1n) is 5.46. The van der Waals surface area contributed by atoms with Crippen molar-refractivity contribution >= 4 is 17.5 Å². The molecule has 1 aliphatic heterocycles. The van der Waals surface area contributed by atoms with Crippen LogP contribution >= 0.6 is 0 Å². The van der Waals surface area contributed by atoms with Crippen LogP contribution in [0.1, 0.15) is 0 Å². The summed E-state index contributed by atoms with van der Waals surface area (Å²) in [5.41, 5.74) is 5.22. The molecule has 1 fully saturated rings. The number of benzene rings is 1. The average Bonchev–Trinajstić information content (AvgIpc) is 2.28. The third-order valence-corrected chi connectivity index (χ3v) is 2.91. The number of anilines is 2. The average molecular weight is 257 g/mol. The molecule has 5 nitrogen and oxygen atoms in total. The maximum atomic E-state index is 13.7. The molecule has 0 aromatic heterocycles. The van der Waals surface area contributed by atoms with Crippen LogP contribution in [0.15, 0.2) is 12.1 Å². The van der Waals surface area contributed by atoms with E-state index in [9.17, 15) is 13.6 Å². The molecule has 2 rings (SSSR count). The molecule has 98 valence electrons. The van der Waals surface area contributed by atoms with Gasteiger partial charge < -0.3 is 20.6 Å². The number of rotatable bonds is 1. The number of carboxylic acid groups (broad SMARTS) is 1. The Morgan fingerprint density at radius 1 is 1.17 bits per heavy atom. The van der Waals surface area contributed by atoms with Crippen molar-refractivity contribution in [3.63, 3.8) is 0 Å². The molecule has 3 N–H and O–H groups in total. The van der Waals surface area contributed by atoms with Crippen molar-refractivity contribution in [1.29, 1.82) is 0 Å². The summed E-state index contributed by atoms with van der Waals surface area (Å²) in [6.07, 6.45) is -1.02. The summed E-state index contributed by atoms with van der Waals surface area (Å²) in [6.45, 7) is 0.950. The molecule has 0 radical (unpaired) electrons. The van der Waals surface area contributed by atoms with Gasteiger partial charge in [0.25, 0.3) is 0 Å². The second-order valence-corrected chi connectivity index (χ2v) is 4.09. The third-order valence-electron chi connectivity index (χ3n) is 2.91. The molecule has 18 heavy (non-hydrogen) atoms. The number of nitrogen functional groups attached to an aromatic ring is 1. The zero-order valence-electron chi connectivity index (χ0n) is 9.57. The molecule has 0 spiro atoms. The van der Waals surface area contributed by atoms with Crippen LogP contribution in [0.2, 0.25) is 0 Å². The third kappa shape index (κ3) is 2.29. The Balaban J connectivity index is 2.17. The second-order valence-electron chi connectivity index (χ2n) is 4.09. The second kappa shape index (κ2) is 4.67. The zero-order valence-corrected chi connectivity index (χ0v) is 9.57. The predicted octanol–water partition coefficient (Wildman–Crippen LogP) is 1.35. The van der Waals surface area contributed by atoms with Crippen LogP contribution in [0, 0.1) is 11.6 Å². The summed E-state index contributed by atoms with van der Waals surface area (Å²) in [5.74, 6) is -1.45. The molecule has 1 saturated heterocycles. The normalized spacial score (nSPS) is 15.9. The standard InChI is InChI=1S/C11H13F2N3O2/c12-8-5-7(14)6-9(13)10(8)15-1-3-16(4-2-15)11(17)18/h5-6H,1-4,14H2,(H,17,18). The van der Waals surface area contributed by atoms with Crippen LogP contribution in [0.5, 0.6) is 0 Å². The molecule has 1 aromatic carbocycles. The molecule has 0 bridgehead atoms. The van der Waals surface area contributed by atoms with Crippen LogP contribution in [0.3, 0.4) is 0 Å². The largest absolute Gasteiger partial charge is 0.465 e. The van der Waals surface area contributed by atoms with Crippen molar-refractivity contribution < 1.29 is 18.7 Å². The number of nitrogens with two attached hydrogens (primary N) is 1. The number of nitrogens with zero attached hydrogens (tertiary/aromatic N) is 2. The highest BCUT2D eigenvalue weighted by molar-refractivity contribution is 5.65. The van der Waals surface area contributed by atoms with Crippen LogP contribution in [-0.2, 0) is 0 Å². The van der Waals surface area contributed by atoms with Gasteiger partial charge in [-0.15, -0.1) is 0 Å². The van der Waals surface area contributed by atoms with Gasteiger partial charge in [-0.3, -0.25) is 0 Å². The molecule has 7 heteroatoms. The van der Waals surface area contributed by atoms with Gasteiger partial charge in [-0.05, 0) is 12.1 Å². The van der Waals surface area contributed by atoms with Crippen LogP contribution in [0.4, 0.5) is 25.0 Å². The maximum absolute atomic E-state index is 13.7. The van der Waals surface area contributed by atoms with Crippen LogP contribution in [-0.4, -0.2) is 42.3 Å². The van der Waals surface area contributed by atoms with Crippen molar-refractivity contribution in [1.82, 2.24) is 4.90 Å². The molecular formula is C11H13F2N3O2. The van der Waals surface area contributed by atoms with E-state index in [1.54, 1.807) is 0 Å². The molecule has 1 amide bonds. The lowest BCUT2D eigenvalue weighted by molar-refractivity contribution is 0.142. The van der Waals surface area contributed by atoms with Gasteiger partial charge in [-0.2, -0.15) is 0 Å². The Kier molecular flexibility index (Phi) is 3.22. The first-order chi connectivity index (χ1) is 8.49. The minimum atomic E-state index is -1.02. The highest BCUT2D eigenvalue weighted by Gasteiger charge is 2.24. The lowest BCUT2D eigenvalue weighted by Crippen LogP contribution is -2.48. The molecular weight excluding hydrogens is 244 g/mol. The Bertz CT molecular complexity index is 450. The lowest BCUT2D eigenvalue weighted by Gasteiger charge is -2.34. The molecule has 1 aromatic rings. The van der Waals surface area contributed by atoms with E-state index in [4.69, 9.17) is 10.8 Å². The first-order valence-corrected chi connectivity index (χ1v) is 5.46. The molecule has 0 saturated carbocycles. The molecule has 0 atom stereocenters. The van der Waals surface area contributed by atoms with Gasteiger partial charge in [0.2, 0.25) is 0 Å². The summed E-state index contributed by atoms with van der Waals surface area (Å²) < 4.78 is 27.3. The number of halogens is 2. The summed E-state index contributed by atoms with van der Waals surface area (Å²) in [5, 5.41) is 8.78. The minimum absolute atomic E-state index is 0.0259. The number of hydrogen-bond donors (Lipinski definition) is 2. The summed E-state index contributed by atoms with van der Waals surface area (Å²) >= 11 is 0. The Morgan fingerprint density at radius 2 is 1.67 bits per heavy atom. The van der Waals surface area contributed by atoms with Gasteiger partial charge in [0.05, 0.1) is 0 Å². The Hall–Kier alpha value is -2.05. The molecule has 0 aliphatic carbocycles. The number of hydrogen-bond acceptors (Lipinski definition) is 3. The monoisotopic (exact) mass is 257 g/mol. The van der Waals surface area contributed by atoms with Crippen molar-refractivity contribution in [2.45, 2.75) is 0 Å². The van der Waals surface area contributed by atoms with E-state index in [2.05, 4.69) is 0 Å². The van der Waals surface area contributed by atoms with E-state index in [1.807, 2.05) is 0 Å². The fourth-order valence-electron chi connectivity index (χ4n) is 2.01. The van der Waals surface area contributed by atoms with E-state index in [1.165, 1.54) is 9.80 Å². The van der Waals surface area contributed by atoms with Crippen molar-refractivity contribution in [2.24, 2.45) is 0 Å². The van der Waals surface area contributed by atoms with Gasteiger partial charge in [0, 0.05) is 31.9 Å². The lowest BCUT2D eigenvalue weighted by atomic mass is 10.2. The van der Waals surface area contributed by atoms with Crippen molar-refractivity contribution in [3.05, 3.63) is 23.8 Å². The summed E-state index contributed by atoms with van der Waals surface area (Å²) in [6, 6.07) is 2.12. The minimum Gasteiger partial charge on any atom is -0.465 e. The van der Waals surface area contributed by atoms with E-state index in [0.29, 0.717) is 0 Å². The van der Waals surface area contributed by atoms with E-state index >= 15 is 0 Å². The molecule has 0 unspecified atom stereocenters. The fraction of sp³-hybridized carbons (Fsp3) is 0.364. The van der Waals surface area contributed by atoms with Gasteiger partial charge in [-0.25, -0.2) is 13.6 Å². The number of amides is 1. The quantitative estimate of drug-likeness (QED) is 0.745. The molecule has 1 aliphatic rings. The van der Waals surface area contributed by atoms with E-state index in [-0.39, 0.29) is 37.6 Å². The van der Waals surface area contributed by atoms with Crippen molar-refractivity contribution in [2.75, 3.05) is 36.8 Å². The molecule has 1 heterocycles. The van der Waals surface area contributed by atoms with Crippen LogP contribution < -0.4 is 10.6 Å². The van der Waals surface area contributed by atoms with Gasteiger partial charge in [-0.1, -0.05) is 0 Å². The summed E-state index contributed by atoms with van der Waals surface area (Å²) in [7, 11) is 0. The smallest absolute Gasteiger partial charge is 0.407 e. The maximum Gasteiger partial charge on any atom is 0.407 e. The van der Waals surface area contributed by atoms with E-state index < -0.39 is 17.7 Å². The topological polar surface area (TPSA) is 69.8 Å². The number of carbonyl (C=O) groups is 1. The first kappa shape index (κ1) is 12.4. The number of piperazine rings is 1. The van der Waals surface area contributed by atoms with Crippen molar-refractivity contribution in [3.8, 4) is 0 Å². The van der Waals surface area contributed by atoms with Gasteiger partial charge in [0.15, 0.2) is 11.6 Å². The SMILES string of the molecule is Nc1cc(F)c(N2CCN(C(=O)O)CC2)c(F)c1. The Morgan fingerprint density at radius 3 is 2.11 bits per heavy atom. The van der Waals surface area contributed by atoms with Gasteiger partial charge >= 0.3 is 6.09 Å². The Labute approximate surface area is 102 Å². The van der Waals surface area contributed by atoms with Crippen LogP contribution in [0.25, 0.3) is 0 Å². The fourth-order valence-corrected chi connectivity index (χ4v) is 2.01. The highest BCUT2D eigenvalue weighted by atomic mass is 19.1. The predicted molar refractivity (Wildman–Crippen MR) is 62.6 cm³/mol.